The summed E-state index contributed by atoms with van der Waals surface area (Å²) in [5.41, 5.74) is 1.80. The highest BCUT2D eigenvalue weighted by Crippen LogP contribution is 2.29. The lowest BCUT2D eigenvalue weighted by molar-refractivity contribution is -0.128. The molecule has 1 aliphatic heterocycles. The zero-order valence-electron chi connectivity index (χ0n) is 16.6. The van der Waals surface area contributed by atoms with Gasteiger partial charge in [-0.2, -0.15) is 4.98 Å². The predicted octanol–water partition coefficient (Wildman–Crippen LogP) is 3.79. The molecule has 0 aliphatic carbocycles. The molecule has 30 heavy (non-hydrogen) atoms. The summed E-state index contributed by atoms with van der Waals surface area (Å²) in [5.74, 6) is 1.49. The molecular formula is C21H22ClN5O2S. The second kappa shape index (κ2) is 9.49. The number of aryl methyl sites for hydroxylation is 1. The Hall–Kier alpha value is -2.58. The smallest absolute Gasteiger partial charge is 0.233 e. The maximum atomic E-state index is 12.8. The van der Waals surface area contributed by atoms with Crippen molar-refractivity contribution in [1.82, 2.24) is 20.0 Å². The molecule has 2 aromatic heterocycles. The van der Waals surface area contributed by atoms with Gasteiger partial charge in [0.25, 0.3) is 0 Å². The molecule has 1 aliphatic rings. The van der Waals surface area contributed by atoms with Gasteiger partial charge in [0, 0.05) is 38.8 Å². The Labute approximate surface area is 184 Å². The highest BCUT2D eigenvalue weighted by Gasteiger charge is 2.23. The van der Waals surface area contributed by atoms with E-state index in [2.05, 4.69) is 20.0 Å². The summed E-state index contributed by atoms with van der Waals surface area (Å²) in [6.07, 6.45) is 2.38. The van der Waals surface area contributed by atoms with Crippen LogP contribution in [-0.2, 0) is 11.2 Å². The molecule has 7 nitrogen and oxygen atoms in total. The van der Waals surface area contributed by atoms with Gasteiger partial charge in [0.05, 0.1) is 22.0 Å². The molecular weight excluding hydrogens is 422 g/mol. The van der Waals surface area contributed by atoms with Crippen LogP contribution in [0, 0.1) is 0 Å². The zero-order chi connectivity index (χ0) is 20.9. The summed E-state index contributed by atoms with van der Waals surface area (Å²) in [6, 6.07) is 11.5. The van der Waals surface area contributed by atoms with Crippen molar-refractivity contribution in [2.75, 3.05) is 36.8 Å². The first-order valence-corrected chi connectivity index (χ1v) is 11.2. The number of anilines is 1. The number of rotatable bonds is 6. The van der Waals surface area contributed by atoms with Crippen LogP contribution in [0.4, 0.5) is 5.69 Å². The number of piperazine rings is 1. The Morgan fingerprint density at radius 2 is 1.97 bits per heavy atom. The van der Waals surface area contributed by atoms with Gasteiger partial charge in [-0.05, 0) is 24.3 Å². The quantitative estimate of drug-likeness (QED) is 0.536. The molecule has 0 unspecified atom stereocenters. The first kappa shape index (κ1) is 20.7. The van der Waals surface area contributed by atoms with E-state index in [0.29, 0.717) is 37.0 Å². The Balaban J connectivity index is 1.35. The minimum atomic E-state index is 0.0952. The minimum absolute atomic E-state index is 0.0952. The molecule has 0 spiro atoms. The molecule has 1 aromatic carbocycles. The Morgan fingerprint density at radius 3 is 2.70 bits per heavy atom. The first-order valence-electron chi connectivity index (χ1n) is 9.83. The fourth-order valence-corrected chi connectivity index (χ4v) is 4.46. The van der Waals surface area contributed by atoms with Crippen LogP contribution in [0.5, 0.6) is 0 Å². The molecule has 4 rings (SSSR count). The number of thioether (sulfide) groups is 1. The average Bonchev–Trinajstić information content (AvgIpc) is 3.27. The summed E-state index contributed by atoms with van der Waals surface area (Å²) >= 11 is 7.70. The highest BCUT2D eigenvalue weighted by atomic mass is 35.5. The first-order chi connectivity index (χ1) is 14.7. The molecule has 0 N–H and O–H groups in total. The second-order valence-electron chi connectivity index (χ2n) is 6.83. The molecule has 0 atom stereocenters. The molecule has 3 aromatic rings. The molecule has 0 saturated carbocycles. The van der Waals surface area contributed by atoms with E-state index in [1.165, 1.54) is 11.8 Å². The normalized spacial score (nSPS) is 14.2. The van der Waals surface area contributed by atoms with Crippen molar-refractivity contribution < 1.29 is 9.32 Å². The van der Waals surface area contributed by atoms with E-state index < -0.39 is 0 Å². The molecule has 1 saturated heterocycles. The number of hydrogen-bond acceptors (Lipinski definition) is 7. The predicted molar refractivity (Wildman–Crippen MR) is 118 cm³/mol. The van der Waals surface area contributed by atoms with Gasteiger partial charge in [-0.3, -0.25) is 4.79 Å². The molecule has 156 valence electrons. The van der Waals surface area contributed by atoms with Gasteiger partial charge in [0.15, 0.2) is 0 Å². The number of para-hydroxylation sites is 1. The van der Waals surface area contributed by atoms with Gasteiger partial charge in [-0.25, -0.2) is 4.98 Å². The van der Waals surface area contributed by atoms with E-state index in [4.69, 9.17) is 16.1 Å². The van der Waals surface area contributed by atoms with Crippen molar-refractivity contribution in [3.8, 4) is 11.4 Å². The van der Waals surface area contributed by atoms with Gasteiger partial charge >= 0.3 is 0 Å². The van der Waals surface area contributed by atoms with Crippen LogP contribution in [0.1, 0.15) is 12.8 Å². The molecule has 3 heterocycles. The summed E-state index contributed by atoms with van der Waals surface area (Å²) in [6.45, 7) is 4.82. The average molecular weight is 444 g/mol. The van der Waals surface area contributed by atoms with Gasteiger partial charge in [-0.15, -0.1) is 0 Å². The number of carbonyl (C=O) groups excluding carboxylic acids is 1. The largest absolute Gasteiger partial charge is 0.367 e. The van der Waals surface area contributed by atoms with E-state index >= 15 is 0 Å². The zero-order valence-corrected chi connectivity index (χ0v) is 18.2. The van der Waals surface area contributed by atoms with Crippen molar-refractivity contribution >= 4 is 35.0 Å². The SMILES string of the molecule is CCc1nc(-c2cccnc2SCC(=O)N2CCN(c3ccccc3Cl)CC2)no1. The van der Waals surface area contributed by atoms with Crippen molar-refractivity contribution in [2.45, 2.75) is 18.4 Å². The second-order valence-corrected chi connectivity index (χ2v) is 8.20. The van der Waals surface area contributed by atoms with Gasteiger partial charge in [-0.1, -0.05) is 47.6 Å². The minimum Gasteiger partial charge on any atom is -0.367 e. The van der Waals surface area contributed by atoms with Crippen LogP contribution >= 0.6 is 23.4 Å². The number of amides is 1. The van der Waals surface area contributed by atoms with E-state index in [9.17, 15) is 4.79 Å². The van der Waals surface area contributed by atoms with Crippen LogP contribution in [0.25, 0.3) is 11.4 Å². The fraction of sp³-hybridized carbons (Fsp3) is 0.333. The summed E-state index contributed by atoms with van der Waals surface area (Å²) < 4.78 is 5.21. The third-order valence-electron chi connectivity index (χ3n) is 4.94. The van der Waals surface area contributed by atoms with Crippen LogP contribution in [-0.4, -0.2) is 57.9 Å². The fourth-order valence-electron chi connectivity index (χ4n) is 3.31. The molecule has 0 radical (unpaired) electrons. The van der Waals surface area contributed by atoms with Gasteiger partial charge in [0.1, 0.15) is 5.03 Å². The topological polar surface area (TPSA) is 75.4 Å². The van der Waals surface area contributed by atoms with Crippen molar-refractivity contribution in [1.29, 1.82) is 0 Å². The third kappa shape index (κ3) is 4.60. The summed E-state index contributed by atoms with van der Waals surface area (Å²) in [4.78, 5) is 25.7. The molecule has 9 heteroatoms. The Bertz CT molecular complexity index is 1020. The van der Waals surface area contributed by atoms with Crippen LogP contribution in [0.2, 0.25) is 5.02 Å². The maximum absolute atomic E-state index is 12.8. The summed E-state index contributed by atoms with van der Waals surface area (Å²) in [7, 11) is 0. The number of aromatic nitrogens is 3. The van der Waals surface area contributed by atoms with Crippen LogP contribution in [0.15, 0.2) is 52.1 Å². The standard InChI is InChI=1S/C21H22ClN5O2S/c1-2-18-24-20(25-29-18)15-6-5-9-23-21(15)30-14-19(28)27-12-10-26(11-13-27)17-8-4-3-7-16(17)22/h3-9H,2,10-14H2,1H3. The molecule has 1 amide bonds. The number of benzene rings is 1. The van der Waals surface area contributed by atoms with E-state index in [0.717, 1.165) is 34.4 Å². The maximum Gasteiger partial charge on any atom is 0.233 e. The molecule has 1 fully saturated rings. The Morgan fingerprint density at radius 1 is 1.17 bits per heavy atom. The number of nitrogens with zero attached hydrogens (tertiary/aromatic N) is 5. The third-order valence-corrected chi connectivity index (χ3v) is 6.25. The lowest BCUT2D eigenvalue weighted by Crippen LogP contribution is -2.49. The Kier molecular flexibility index (Phi) is 6.54. The van der Waals surface area contributed by atoms with Gasteiger partial charge in [0.2, 0.25) is 17.6 Å². The van der Waals surface area contributed by atoms with Gasteiger partial charge < -0.3 is 14.3 Å². The van der Waals surface area contributed by atoms with E-state index in [-0.39, 0.29) is 5.91 Å². The van der Waals surface area contributed by atoms with Crippen molar-refractivity contribution in [2.24, 2.45) is 0 Å². The number of carbonyl (C=O) groups is 1. The number of halogens is 1. The van der Waals surface area contributed by atoms with E-state index in [1.54, 1.807) is 6.20 Å². The van der Waals surface area contributed by atoms with Crippen LogP contribution in [0.3, 0.4) is 0 Å². The van der Waals surface area contributed by atoms with Crippen LogP contribution < -0.4 is 4.90 Å². The summed E-state index contributed by atoms with van der Waals surface area (Å²) in [5, 5.41) is 5.49. The van der Waals surface area contributed by atoms with Crippen molar-refractivity contribution in [3.05, 3.63) is 53.5 Å². The highest BCUT2D eigenvalue weighted by molar-refractivity contribution is 8.00. The lowest BCUT2D eigenvalue weighted by Gasteiger charge is -2.36. The molecule has 0 bridgehead atoms. The lowest BCUT2D eigenvalue weighted by atomic mass is 10.2. The van der Waals surface area contributed by atoms with Crippen molar-refractivity contribution in [3.63, 3.8) is 0 Å². The van der Waals surface area contributed by atoms with E-state index in [1.807, 2.05) is 48.2 Å². The monoisotopic (exact) mass is 443 g/mol. The number of hydrogen-bond donors (Lipinski definition) is 0. The number of pyridine rings is 1.